The van der Waals surface area contributed by atoms with Gasteiger partial charge in [0.25, 0.3) is 0 Å². The normalized spacial score (nSPS) is 14.0. The molecular formula is C13H12N2O. The molecular weight excluding hydrogens is 200 g/mol. The number of aryl methyl sites for hydroxylation is 2. The Balaban J connectivity index is 2.32. The van der Waals surface area contributed by atoms with Gasteiger partial charge in [-0.05, 0) is 48.6 Å². The van der Waals surface area contributed by atoms with E-state index >= 15 is 0 Å². The first-order valence-electron chi connectivity index (χ1n) is 5.46. The van der Waals surface area contributed by atoms with Gasteiger partial charge in [-0.15, -0.1) is 0 Å². The molecule has 0 aliphatic heterocycles. The number of primary amides is 1. The zero-order valence-electron chi connectivity index (χ0n) is 8.86. The third-order valence-corrected chi connectivity index (χ3v) is 3.23. The first-order chi connectivity index (χ1) is 7.75. The Morgan fingerprint density at radius 2 is 2.19 bits per heavy atom. The Labute approximate surface area is 93.3 Å². The number of pyridine rings is 1. The van der Waals surface area contributed by atoms with E-state index in [0.717, 1.165) is 23.7 Å². The summed E-state index contributed by atoms with van der Waals surface area (Å²) >= 11 is 0. The zero-order valence-corrected chi connectivity index (χ0v) is 8.86. The van der Waals surface area contributed by atoms with Gasteiger partial charge in [-0.2, -0.15) is 0 Å². The molecule has 80 valence electrons. The van der Waals surface area contributed by atoms with Crippen LogP contribution in [0, 0.1) is 0 Å². The predicted molar refractivity (Wildman–Crippen MR) is 62.3 cm³/mol. The fourth-order valence-electron chi connectivity index (χ4n) is 2.41. The molecule has 0 bridgehead atoms. The van der Waals surface area contributed by atoms with Gasteiger partial charge in [-0.25, -0.2) is 0 Å². The molecule has 1 aromatic carbocycles. The number of amides is 1. The molecule has 3 heteroatoms. The van der Waals surface area contributed by atoms with Crippen LogP contribution in [0.1, 0.15) is 27.9 Å². The SMILES string of the molecule is NC(=O)c1ccc2ncc3c(c2c1)CCC3. The molecule has 0 spiro atoms. The quantitative estimate of drug-likeness (QED) is 0.783. The van der Waals surface area contributed by atoms with Crippen LogP contribution < -0.4 is 5.73 Å². The van der Waals surface area contributed by atoms with Crippen LogP contribution in [0.25, 0.3) is 10.9 Å². The molecule has 0 atom stereocenters. The Bertz CT molecular complexity index is 590. The number of nitrogens with two attached hydrogens (primary N) is 1. The van der Waals surface area contributed by atoms with Crippen molar-refractivity contribution in [2.45, 2.75) is 19.3 Å². The number of carbonyl (C=O) groups is 1. The van der Waals surface area contributed by atoms with E-state index in [1.807, 2.05) is 18.3 Å². The van der Waals surface area contributed by atoms with E-state index < -0.39 is 0 Å². The first-order valence-corrected chi connectivity index (χ1v) is 5.46. The van der Waals surface area contributed by atoms with Crippen LogP contribution in [-0.2, 0) is 12.8 Å². The lowest BCUT2D eigenvalue weighted by molar-refractivity contribution is 0.100. The Hall–Kier alpha value is -1.90. The molecule has 0 fully saturated rings. The van der Waals surface area contributed by atoms with Gasteiger partial charge in [0.15, 0.2) is 0 Å². The van der Waals surface area contributed by atoms with Crippen molar-refractivity contribution in [1.29, 1.82) is 0 Å². The van der Waals surface area contributed by atoms with Crippen molar-refractivity contribution in [3.05, 3.63) is 41.1 Å². The van der Waals surface area contributed by atoms with Gasteiger partial charge in [-0.3, -0.25) is 9.78 Å². The van der Waals surface area contributed by atoms with Crippen molar-refractivity contribution >= 4 is 16.8 Å². The molecule has 1 heterocycles. The van der Waals surface area contributed by atoms with Crippen LogP contribution in [0.5, 0.6) is 0 Å². The Morgan fingerprint density at radius 1 is 1.31 bits per heavy atom. The molecule has 3 nitrogen and oxygen atoms in total. The lowest BCUT2D eigenvalue weighted by Crippen LogP contribution is -2.10. The van der Waals surface area contributed by atoms with Crippen LogP contribution in [0.2, 0.25) is 0 Å². The number of carbonyl (C=O) groups excluding carboxylic acids is 1. The first kappa shape index (κ1) is 9.33. The van der Waals surface area contributed by atoms with Crippen molar-refractivity contribution in [2.24, 2.45) is 5.73 Å². The van der Waals surface area contributed by atoms with Gasteiger partial charge in [-0.1, -0.05) is 0 Å². The van der Waals surface area contributed by atoms with Crippen molar-refractivity contribution in [1.82, 2.24) is 4.98 Å². The lowest BCUT2D eigenvalue weighted by atomic mass is 10.0. The van der Waals surface area contributed by atoms with Crippen LogP contribution in [0.3, 0.4) is 0 Å². The molecule has 2 aromatic rings. The largest absolute Gasteiger partial charge is 0.366 e. The maximum atomic E-state index is 11.1. The summed E-state index contributed by atoms with van der Waals surface area (Å²) in [6.45, 7) is 0. The van der Waals surface area contributed by atoms with Crippen molar-refractivity contribution < 1.29 is 4.79 Å². The maximum absolute atomic E-state index is 11.1. The second-order valence-electron chi connectivity index (χ2n) is 4.21. The molecule has 1 amide bonds. The third-order valence-electron chi connectivity index (χ3n) is 3.23. The summed E-state index contributed by atoms with van der Waals surface area (Å²) in [6, 6.07) is 5.47. The highest BCUT2D eigenvalue weighted by atomic mass is 16.1. The molecule has 0 radical (unpaired) electrons. The van der Waals surface area contributed by atoms with Gasteiger partial charge < -0.3 is 5.73 Å². The Morgan fingerprint density at radius 3 is 3.00 bits per heavy atom. The summed E-state index contributed by atoms with van der Waals surface area (Å²) in [5, 5.41) is 1.09. The van der Waals surface area contributed by atoms with Crippen molar-refractivity contribution in [3.8, 4) is 0 Å². The molecule has 1 aliphatic rings. The smallest absolute Gasteiger partial charge is 0.248 e. The molecule has 1 aromatic heterocycles. The number of rotatable bonds is 1. The average Bonchev–Trinajstić information content (AvgIpc) is 2.76. The molecule has 0 saturated heterocycles. The second-order valence-corrected chi connectivity index (χ2v) is 4.21. The molecule has 2 N–H and O–H groups in total. The van der Waals surface area contributed by atoms with E-state index in [1.165, 1.54) is 17.5 Å². The fourth-order valence-corrected chi connectivity index (χ4v) is 2.41. The van der Waals surface area contributed by atoms with Crippen LogP contribution >= 0.6 is 0 Å². The molecule has 0 unspecified atom stereocenters. The van der Waals surface area contributed by atoms with Crippen LogP contribution in [0.15, 0.2) is 24.4 Å². The Kier molecular flexibility index (Phi) is 1.93. The standard InChI is InChI=1S/C13H12N2O/c14-13(16)8-4-5-12-11(6-8)10-3-1-2-9(10)7-15-12/h4-7H,1-3H2,(H2,14,16). The molecule has 0 saturated carbocycles. The number of aromatic nitrogens is 1. The average molecular weight is 212 g/mol. The minimum atomic E-state index is -0.377. The van der Waals surface area contributed by atoms with Crippen LogP contribution in [-0.4, -0.2) is 10.9 Å². The van der Waals surface area contributed by atoms with Gasteiger partial charge in [0.1, 0.15) is 0 Å². The number of hydrogen-bond donors (Lipinski definition) is 1. The van der Waals surface area contributed by atoms with Gasteiger partial charge in [0, 0.05) is 17.1 Å². The summed E-state index contributed by atoms with van der Waals surface area (Å²) in [7, 11) is 0. The number of benzene rings is 1. The van der Waals surface area contributed by atoms with Gasteiger partial charge in [0.05, 0.1) is 5.52 Å². The monoisotopic (exact) mass is 212 g/mol. The van der Waals surface area contributed by atoms with E-state index in [2.05, 4.69) is 4.98 Å². The number of fused-ring (bicyclic) bond motifs is 3. The summed E-state index contributed by atoms with van der Waals surface area (Å²) in [4.78, 5) is 15.5. The third kappa shape index (κ3) is 1.28. The van der Waals surface area contributed by atoms with E-state index in [1.54, 1.807) is 6.07 Å². The van der Waals surface area contributed by atoms with Crippen LogP contribution in [0.4, 0.5) is 0 Å². The molecule has 3 rings (SSSR count). The summed E-state index contributed by atoms with van der Waals surface area (Å²) in [6.07, 6.45) is 5.31. The predicted octanol–water partition coefficient (Wildman–Crippen LogP) is 1.82. The highest BCUT2D eigenvalue weighted by Crippen LogP contribution is 2.28. The fraction of sp³-hybridized carbons (Fsp3) is 0.231. The van der Waals surface area contributed by atoms with E-state index in [-0.39, 0.29) is 5.91 Å². The summed E-state index contributed by atoms with van der Waals surface area (Å²) in [5.74, 6) is -0.377. The summed E-state index contributed by atoms with van der Waals surface area (Å²) in [5.41, 5.74) is 9.46. The van der Waals surface area contributed by atoms with Gasteiger partial charge in [0.2, 0.25) is 5.91 Å². The van der Waals surface area contributed by atoms with Gasteiger partial charge >= 0.3 is 0 Å². The van der Waals surface area contributed by atoms with E-state index in [0.29, 0.717) is 5.56 Å². The highest BCUT2D eigenvalue weighted by Gasteiger charge is 2.15. The molecule has 1 aliphatic carbocycles. The topological polar surface area (TPSA) is 56.0 Å². The lowest BCUT2D eigenvalue weighted by Gasteiger charge is -2.05. The minimum Gasteiger partial charge on any atom is -0.366 e. The van der Waals surface area contributed by atoms with E-state index in [9.17, 15) is 4.79 Å². The minimum absolute atomic E-state index is 0.377. The van der Waals surface area contributed by atoms with Crippen molar-refractivity contribution in [2.75, 3.05) is 0 Å². The van der Waals surface area contributed by atoms with Crippen molar-refractivity contribution in [3.63, 3.8) is 0 Å². The zero-order chi connectivity index (χ0) is 11.1. The maximum Gasteiger partial charge on any atom is 0.248 e. The number of nitrogens with zero attached hydrogens (tertiary/aromatic N) is 1. The second kappa shape index (κ2) is 3.30. The number of hydrogen-bond acceptors (Lipinski definition) is 2. The molecule has 16 heavy (non-hydrogen) atoms. The van der Waals surface area contributed by atoms with E-state index in [4.69, 9.17) is 5.73 Å². The summed E-state index contributed by atoms with van der Waals surface area (Å²) < 4.78 is 0. The highest BCUT2D eigenvalue weighted by molar-refractivity contribution is 5.97.